The second-order valence-corrected chi connectivity index (χ2v) is 7.76. The van der Waals surface area contributed by atoms with Crippen LogP contribution in [0.1, 0.15) is 12.8 Å². The summed E-state index contributed by atoms with van der Waals surface area (Å²) in [4.78, 5) is 26.8. The molecule has 0 spiro atoms. The summed E-state index contributed by atoms with van der Waals surface area (Å²) in [6, 6.07) is 5.96. The van der Waals surface area contributed by atoms with Crippen molar-refractivity contribution in [3.8, 4) is 0 Å². The summed E-state index contributed by atoms with van der Waals surface area (Å²) >= 11 is 0. The van der Waals surface area contributed by atoms with E-state index in [4.69, 9.17) is 0 Å². The van der Waals surface area contributed by atoms with Crippen LogP contribution >= 0.6 is 0 Å². The number of sulfonamides is 1. The molecule has 2 saturated heterocycles. The molecule has 0 bridgehead atoms. The van der Waals surface area contributed by atoms with Gasteiger partial charge >= 0.3 is 0 Å². The minimum atomic E-state index is -3.53. The first-order chi connectivity index (χ1) is 10.9. The molecule has 0 N–H and O–H groups in total. The monoisotopic (exact) mass is 337 g/mol. The van der Waals surface area contributed by atoms with Gasteiger partial charge in [0, 0.05) is 39.0 Å². The van der Waals surface area contributed by atoms with Crippen molar-refractivity contribution in [2.75, 3.05) is 38.1 Å². The molecule has 1 aromatic rings. The van der Waals surface area contributed by atoms with E-state index in [2.05, 4.69) is 4.90 Å². The molecule has 2 amide bonds. The molecule has 8 heteroatoms. The van der Waals surface area contributed by atoms with E-state index in [1.165, 1.54) is 28.6 Å². The highest BCUT2D eigenvalue weighted by Crippen LogP contribution is 2.25. The lowest BCUT2D eigenvalue weighted by atomic mass is 10.3. The second kappa shape index (κ2) is 6.03. The van der Waals surface area contributed by atoms with Gasteiger partial charge in [0.25, 0.3) is 0 Å². The number of carbonyl (C=O) groups is 2. The topological polar surface area (TPSA) is 78.0 Å². The lowest BCUT2D eigenvalue weighted by Crippen LogP contribution is -2.47. The highest BCUT2D eigenvalue weighted by Gasteiger charge is 2.31. The van der Waals surface area contributed by atoms with E-state index in [9.17, 15) is 18.0 Å². The predicted octanol–water partition coefficient (Wildman–Crippen LogP) is 0.276. The Bertz CT molecular complexity index is 706. The van der Waals surface area contributed by atoms with Gasteiger partial charge in [-0.15, -0.1) is 0 Å². The number of imide groups is 1. The van der Waals surface area contributed by atoms with Crippen LogP contribution in [0.2, 0.25) is 0 Å². The van der Waals surface area contributed by atoms with Gasteiger partial charge in [-0.25, -0.2) is 8.42 Å². The molecular formula is C15H19N3O4S. The van der Waals surface area contributed by atoms with Gasteiger partial charge in [-0.2, -0.15) is 4.31 Å². The highest BCUT2D eigenvalue weighted by molar-refractivity contribution is 7.89. The number of hydrogen-bond donors (Lipinski definition) is 0. The van der Waals surface area contributed by atoms with Crippen molar-refractivity contribution in [2.24, 2.45) is 0 Å². The van der Waals surface area contributed by atoms with Crippen LogP contribution in [0, 0.1) is 0 Å². The van der Waals surface area contributed by atoms with Crippen LogP contribution in [0.25, 0.3) is 0 Å². The average Bonchev–Trinajstić information content (AvgIpc) is 2.87. The van der Waals surface area contributed by atoms with E-state index in [1.54, 1.807) is 0 Å². The lowest BCUT2D eigenvalue weighted by molar-refractivity contribution is -0.121. The van der Waals surface area contributed by atoms with Crippen molar-refractivity contribution in [1.82, 2.24) is 9.21 Å². The number of piperazine rings is 1. The maximum Gasteiger partial charge on any atom is 0.243 e. The molecule has 0 aliphatic carbocycles. The first-order valence-corrected chi connectivity index (χ1v) is 8.98. The summed E-state index contributed by atoms with van der Waals surface area (Å²) in [5, 5.41) is 0. The van der Waals surface area contributed by atoms with E-state index >= 15 is 0 Å². The van der Waals surface area contributed by atoms with E-state index in [0.29, 0.717) is 31.9 Å². The molecule has 2 aliphatic heterocycles. The maximum atomic E-state index is 12.6. The Hall–Kier alpha value is -1.77. The summed E-state index contributed by atoms with van der Waals surface area (Å²) in [6.07, 6.45) is 0.417. The SMILES string of the molecule is CN1CCN(S(=O)(=O)c2ccc(N3C(=O)CCC3=O)cc2)CC1. The Morgan fingerprint density at radius 1 is 0.870 bits per heavy atom. The van der Waals surface area contributed by atoms with Gasteiger partial charge in [0.05, 0.1) is 10.6 Å². The molecule has 3 rings (SSSR count). The van der Waals surface area contributed by atoms with E-state index in [-0.39, 0.29) is 29.6 Å². The van der Waals surface area contributed by atoms with E-state index < -0.39 is 10.0 Å². The molecule has 7 nitrogen and oxygen atoms in total. The third-order valence-electron chi connectivity index (χ3n) is 4.25. The molecule has 0 atom stereocenters. The number of rotatable bonds is 3. The molecule has 2 aliphatic rings. The summed E-state index contributed by atoms with van der Waals surface area (Å²) in [5.41, 5.74) is 0.426. The fourth-order valence-electron chi connectivity index (χ4n) is 2.81. The Balaban J connectivity index is 1.81. The Morgan fingerprint density at radius 3 is 1.91 bits per heavy atom. The minimum Gasteiger partial charge on any atom is -0.304 e. The molecule has 0 aromatic heterocycles. The van der Waals surface area contributed by atoms with Crippen molar-refractivity contribution < 1.29 is 18.0 Å². The molecule has 0 saturated carbocycles. The van der Waals surface area contributed by atoms with Crippen molar-refractivity contribution >= 4 is 27.5 Å². The van der Waals surface area contributed by atoms with E-state index in [0.717, 1.165) is 4.90 Å². The van der Waals surface area contributed by atoms with Crippen LogP contribution in [-0.4, -0.2) is 62.7 Å². The Labute approximate surface area is 135 Å². The number of anilines is 1. The van der Waals surface area contributed by atoms with Gasteiger partial charge in [-0.1, -0.05) is 0 Å². The zero-order valence-corrected chi connectivity index (χ0v) is 13.8. The van der Waals surface area contributed by atoms with Gasteiger partial charge in [0.2, 0.25) is 21.8 Å². The van der Waals surface area contributed by atoms with Gasteiger partial charge in [-0.3, -0.25) is 14.5 Å². The number of benzene rings is 1. The molecule has 124 valence electrons. The third-order valence-corrected chi connectivity index (χ3v) is 6.16. The van der Waals surface area contributed by atoms with Crippen LogP contribution < -0.4 is 4.90 Å². The predicted molar refractivity (Wildman–Crippen MR) is 84.4 cm³/mol. The largest absolute Gasteiger partial charge is 0.304 e. The normalized spacial score (nSPS) is 21.2. The average molecular weight is 337 g/mol. The van der Waals surface area contributed by atoms with Crippen LogP contribution in [0.4, 0.5) is 5.69 Å². The summed E-state index contributed by atoms with van der Waals surface area (Å²) in [7, 11) is -1.57. The molecule has 2 heterocycles. The lowest BCUT2D eigenvalue weighted by Gasteiger charge is -2.31. The van der Waals surface area contributed by atoms with Crippen molar-refractivity contribution in [2.45, 2.75) is 17.7 Å². The Kier molecular flexibility index (Phi) is 4.22. The van der Waals surface area contributed by atoms with Crippen LogP contribution in [-0.2, 0) is 19.6 Å². The molecule has 2 fully saturated rings. The number of hydrogen-bond acceptors (Lipinski definition) is 5. The number of amides is 2. The molecule has 0 radical (unpaired) electrons. The van der Waals surface area contributed by atoms with Gasteiger partial charge < -0.3 is 4.90 Å². The van der Waals surface area contributed by atoms with Crippen LogP contribution in [0.15, 0.2) is 29.2 Å². The smallest absolute Gasteiger partial charge is 0.243 e. The van der Waals surface area contributed by atoms with Gasteiger partial charge in [0.15, 0.2) is 0 Å². The van der Waals surface area contributed by atoms with Crippen molar-refractivity contribution in [3.63, 3.8) is 0 Å². The summed E-state index contributed by atoms with van der Waals surface area (Å²) < 4.78 is 26.7. The fourth-order valence-corrected chi connectivity index (χ4v) is 4.23. The fraction of sp³-hybridized carbons (Fsp3) is 0.467. The molecule has 23 heavy (non-hydrogen) atoms. The van der Waals surface area contributed by atoms with Crippen LogP contribution in [0.5, 0.6) is 0 Å². The molecular weight excluding hydrogens is 318 g/mol. The van der Waals surface area contributed by atoms with E-state index in [1.807, 2.05) is 7.05 Å². The standard InChI is InChI=1S/C15H19N3O4S/c1-16-8-10-17(11-9-16)23(21,22)13-4-2-12(3-5-13)18-14(19)6-7-15(18)20/h2-5H,6-11H2,1H3. The van der Waals surface area contributed by atoms with Crippen molar-refractivity contribution in [1.29, 1.82) is 0 Å². The highest BCUT2D eigenvalue weighted by atomic mass is 32.2. The molecule has 1 aromatic carbocycles. The quantitative estimate of drug-likeness (QED) is 0.740. The van der Waals surface area contributed by atoms with Gasteiger partial charge in [-0.05, 0) is 31.3 Å². The Morgan fingerprint density at radius 2 is 1.39 bits per heavy atom. The molecule has 0 unspecified atom stereocenters. The summed E-state index contributed by atoms with van der Waals surface area (Å²) in [5.74, 6) is -0.491. The third kappa shape index (κ3) is 3.01. The zero-order chi connectivity index (χ0) is 16.6. The first kappa shape index (κ1) is 16.1. The number of nitrogens with zero attached hydrogens (tertiary/aromatic N) is 3. The summed E-state index contributed by atoms with van der Waals surface area (Å²) in [6.45, 7) is 2.33. The first-order valence-electron chi connectivity index (χ1n) is 7.54. The second-order valence-electron chi connectivity index (χ2n) is 5.82. The maximum absolute atomic E-state index is 12.6. The number of carbonyl (C=O) groups excluding carboxylic acids is 2. The van der Waals surface area contributed by atoms with Gasteiger partial charge in [0.1, 0.15) is 0 Å². The zero-order valence-electron chi connectivity index (χ0n) is 12.9. The minimum absolute atomic E-state index is 0.185. The van der Waals surface area contributed by atoms with Crippen LogP contribution in [0.3, 0.4) is 0 Å². The van der Waals surface area contributed by atoms with Crippen molar-refractivity contribution in [3.05, 3.63) is 24.3 Å². The number of likely N-dealkylation sites (N-methyl/N-ethyl adjacent to an activating group) is 1.